The van der Waals surface area contributed by atoms with Crippen molar-refractivity contribution in [2.45, 2.75) is 75.5 Å². The lowest BCUT2D eigenvalue weighted by Gasteiger charge is -2.32. The highest BCUT2D eigenvalue weighted by Gasteiger charge is 2.29. The van der Waals surface area contributed by atoms with E-state index in [9.17, 15) is 15.3 Å². The molecule has 5 nitrogen and oxygen atoms in total. The molecule has 0 aromatic heterocycles. The first kappa shape index (κ1) is 22.6. The van der Waals surface area contributed by atoms with Gasteiger partial charge in [0.05, 0.1) is 31.0 Å². The van der Waals surface area contributed by atoms with E-state index in [0.29, 0.717) is 30.7 Å². The van der Waals surface area contributed by atoms with Gasteiger partial charge in [0.1, 0.15) is 11.9 Å². The molecule has 6 heteroatoms. The fourth-order valence-electron chi connectivity index (χ4n) is 4.58. The van der Waals surface area contributed by atoms with E-state index in [4.69, 9.17) is 21.1 Å². The number of hydrogen-bond acceptors (Lipinski definition) is 5. The zero-order valence-corrected chi connectivity index (χ0v) is 18.4. The van der Waals surface area contributed by atoms with E-state index in [2.05, 4.69) is 0 Å². The van der Waals surface area contributed by atoms with Crippen molar-refractivity contribution in [3.63, 3.8) is 0 Å². The molecule has 5 atom stereocenters. The van der Waals surface area contributed by atoms with Crippen molar-refractivity contribution in [3.05, 3.63) is 64.2 Å². The summed E-state index contributed by atoms with van der Waals surface area (Å²) in [6.07, 6.45) is 3.94. The van der Waals surface area contributed by atoms with Crippen molar-refractivity contribution in [3.8, 4) is 5.75 Å². The average molecular weight is 447 g/mol. The summed E-state index contributed by atoms with van der Waals surface area (Å²) in [6.45, 7) is -0.0950. The number of halogens is 1. The van der Waals surface area contributed by atoms with Crippen molar-refractivity contribution >= 4 is 11.6 Å². The molecule has 0 spiro atoms. The minimum Gasteiger partial charge on any atom is -0.490 e. The Morgan fingerprint density at radius 1 is 0.968 bits per heavy atom. The van der Waals surface area contributed by atoms with Crippen LogP contribution in [0.15, 0.2) is 42.5 Å². The molecule has 1 aliphatic heterocycles. The van der Waals surface area contributed by atoms with E-state index in [1.807, 2.05) is 42.5 Å². The van der Waals surface area contributed by atoms with Crippen LogP contribution in [0.3, 0.4) is 0 Å². The van der Waals surface area contributed by atoms with Gasteiger partial charge in [-0.15, -0.1) is 0 Å². The zero-order valence-electron chi connectivity index (χ0n) is 17.6. The van der Waals surface area contributed by atoms with Crippen LogP contribution < -0.4 is 4.74 Å². The summed E-state index contributed by atoms with van der Waals surface area (Å²) in [6, 6.07) is 13.9. The van der Waals surface area contributed by atoms with Gasteiger partial charge in [-0.1, -0.05) is 35.9 Å². The maximum atomic E-state index is 10.1. The molecular formula is C25H31ClO5. The maximum Gasteiger partial charge on any atom is 0.119 e. The van der Waals surface area contributed by atoms with Gasteiger partial charge < -0.3 is 24.8 Å². The van der Waals surface area contributed by atoms with Crippen LogP contribution in [-0.4, -0.2) is 46.3 Å². The predicted octanol–water partition coefficient (Wildman–Crippen LogP) is 4.19. The minimum atomic E-state index is -0.479. The van der Waals surface area contributed by atoms with Crippen molar-refractivity contribution in [2.24, 2.45) is 0 Å². The number of benzene rings is 2. The van der Waals surface area contributed by atoms with Crippen molar-refractivity contribution in [1.29, 1.82) is 0 Å². The Morgan fingerprint density at radius 3 is 2.52 bits per heavy atom. The van der Waals surface area contributed by atoms with Crippen LogP contribution in [-0.2, 0) is 11.2 Å². The van der Waals surface area contributed by atoms with Crippen LogP contribution in [0.25, 0.3) is 0 Å². The number of rotatable bonds is 6. The molecule has 4 rings (SSSR count). The SMILES string of the molecule is OC[C@@H]1C[C@H](O)C[C@H](c2ccc(Cl)c(Cc3ccc(O[C@@H]4CCC[C@H](O)C4)cc3)c2)O1. The Kier molecular flexibility index (Phi) is 7.51. The van der Waals surface area contributed by atoms with E-state index >= 15 is 0 Å². The molecule has 3 N–H and O–H groups in total. The van der Waals surface area contributed by atoms with Gasteiger partial charge in [0.15, 0.2) is 0 Å². The third-order valence-corrected chi connectivity index (χ3v) is 6.61. The Balaban J connectivity index is 1.42. The van der Waals surface area contributed by atoms with Crippen LogP contribution >= 0.6 is 11.6 Å². The van der Waals surface area contributed by atoms with E-state index in [-0.39, 0.29) is 31.0 Å². The second-order valence-corrected chi connectivity index (χ2v) is 9.19. The van der Waals surface area contributed by atoms with Gasteiger partial charge in [-0.3, -0.25) is 0 Å². The Morgan fingerprint density at radius 2 is 1.77 bits per heavy atom. The molecule has 0 radical (unpaired) electrons. The van der Waals surface area contributed by atoms with Crippen LogP contribution in [0.1, 0.15) is 61.3 Å². The first-order valence-electron chi connectivity index (χ1n) is 11.2. The molecule has 2 aliphatic rings. The third-order valence-electron chi connectivity index (χ3n) is 6.24. The molecule has 1 aliphatic carbocycles. The fraction of sp³-hybridized carbons (Fsp3) is 0.520. The second-order valence-electron chi connectivity index (χ2n) is 8.79. The fourth-order valence-corrected chi connectivity index (χ4v) is 4.76. The molecule has 0 amide bonds. The normalized spacial score (nSPS) is 29.0. The van der Waals surface area contributed by atoms with Gasteiger partial charge in [0.25, 0.3) is 0 Å². The lowest BCUT2D eigenvalue weighted by atomic mass is 9.94. The summed E-state index contributed by atoms with van der Waals surface area (Å²) in [7, 11) is 0. The number of aliphatic hydroxyl groups excluding tert-OH is 3. The lowest BCUT2D eigenvalue weighted by molar-refractivity contribution is -0.113. The van der Waals surface area contributed by atoms with Crippen LogP contribution in [0.5, 0.6) is 5.75 Å². The Labute approximate surface area is 188 Å². The molecule has 1 saturated carbocycles. The van der Waals surface area contributed by atoms with Crippen LogP contribution in [0.2, 0.25) is 5.02 Å². The molecule has 2 aromatic carbocycles. The predicted molar refractivity (Wildman–Crippen MR) is 120 cm³/mol. The van der Waals surface area contributed by atoms with Gasteiger partial charge in [-0.05, 0) is 60.6 Å². The standard InChI is InChI=1S/C25H31ClO5/c26-24-9-6-17(25-14-20(29)13-23(15-27)31-25)11-18(24)10-16-4-7-21(8-5-16)30-22-3-1-2-19(28)12-22/h4-9,11,19-20,22-23,25,27-29H,1-3,10,12-15H2/t19-,20-,22+,23-,25+/m0/s1. The quantitative estimate of drug-likeness (QED) is 0.620. The maximum absolute atomic E-state index is 10.1. The Bertz CT molecular complexity index is 855. The van der Waals surface area contributed by atoms with Gasteiger partial charge in [-0.25, -0.2) is 0 Å². The highest BCUT2D eigenvalue weighted by Crippen LogP contribution is 2.34. The van der Waals surface area contributed by atoms with Crippen molar-refractivity contribution in [1.82, 2.24) is 0 Å². The molecule has 1 heterocycles. The number of hydrogen-bond donors (Lipinski definition) is 3. The highest BCUT2D eigenvalue weighted by atomic mass is 35.5. The summed E-state index contributed by atoms with van der Waals surface area (Å²) >= 11 is 6.46. The summed E-state index contributed by atoms with van der Waals surface area (Å²) in [5.74, 6) is 0.822. The summed E-state index contributed by atoms with van der Waals surface area (Å²) < 4.78 is 12.0. The summed E-state index contributed by atoms with van der Waals surface area (Å²) in [5.41, 5.74) is 3.08. The summed E-state index contributed by atoms with van der Waals surface area (Å²) in [5, 5.41) is 30.1. The number of ether oxygens (including phenoxy) is 2. The zero-order chi connectivity index (χ0) is 21.8. The van der Waals surface area contributed by atoms with Gasteiger partial charge in [0, 0.05) is 24.3 Å². The lowest BCUT2D eigenvalue weighted by Crippen LogP contribution is -2.33. The molecular weight excluding hydrogens is 416 g/mol. The smallest absolute Gasteiger partial charge is 0.119 e. The molecule has 0 bridgehead atoms. The molecule has 2 aromatic rings. The average Bonchev–Trinajstić information content (AvgIpc) is 2.76. The molecule has 168 valence electrons. The summed E-state index contributed by atoms with van der Waals surface area (Å²) in [4.78, 5) is 0. The van der Waals surface area contributed by atoms with Crippen molar-refractivity contribution in [2.75, 3.05) is 6.61 Å². The molecule has 1 saturated heterocycles. The topological polar surface area (TPSA) is 79.2 Å². The van der Waals surface area contributed by atoms with Gasteiger partial charge >= 0.3 is 0 Å². The first-order chi connectivity index (χ1) is 15.0. The Hall–Kier alpha value is -1.63. The third kappa shape index (κ3) is 5.99. The van der Waals surface area contributed by atoms with E-state index in [1.54, 1.807) is 0 Å². The molecule has 0 unspecified atom stereocenters. The van der Waals surface area contributed by atoms with Crippen LogP contribution in [0.4, 0.5) is 0 Å². The number of aliphatic hydroxyl groups is 3. The monoisotopic (exact) mass is 446 g/mol. The molecule has 31 heavy (non-hydrogen) atoms. The largest absolute Gasteiger partial charge is 0.490 e. The van der Waals surface area contributed by atoms with E-state index in [1.165, 1.54) is 0 Å². The minimum absolute atomic E-state index is 0.0781. The van der Waals surface area contributed by atoms with E-state index in [0.717, 1.165) is 41.7 Å². The first-order valence-corrected chi connectivity index (χ1v) is 11.5. The van der Waals surface area contributed by atoms with Crippen molar-refractivity contribution < 1.29 is 24.8 Å². The highest BCUT2D eigenvalue weighted by molar-refractivity contribution is 6.31. The molecule has 2 fully saturated rings. The second kappa shape index (κ2) is 10.3. The van der Waals surface area contributed by atoms with Gasteiger partial charge in [-0.2, -0.15) is 0 Å². The van der Waals surface area contributed by atoms with Crippen LogP contribution in [0, 0.1) is 0 Å². The van der Waals surface area contributed by atoms with E-state index < -0.39 is 6.10 Å². The van der Waals surface area contributed by atoms with Gasteiger partial charge in [0.2, 0.25) is 0 Å².